The van der Waals surface area contributed by atoms with Crippen molar-refractivity contribution in [1.29, 1.82) is 0 Å². The number of methoxy groups -OCH3 is 1. The van der Waals surface area contributed by atoms with Crippen LogP contribution in [0.15, 0.2) is 18.2 Å². The van der Waals surface area contributed by atoms with Crippen molar-refractivity contribution in [2.75, 3.05) is 19.0 Å². The third kappa shape index (κ3) is 2.47. The maximum atomic E-state index is 11.0. The van der Waals surface area contributed by atoms with Crippen LogP contribution in [0.25, 0.3) is 0 Å². The molecule has 17 heavy (non-hydrogen) atoms. The molecule has 0 unspecified atom stereocenters. The molecule has 1 saturated carbocycles. The number of halogens is 1. The Balaban J connectivity index is 2.02. The fourth-order valence-corrected chi connectivity index (χ4v) is 1.89. The smallest absolute Gasteiger partial charge is 0.311 e. The minimum absolute atomic E-state index is 0.411. The van der Waals surface area contributed by atoms with Crippen LogP contribution in [0, 0.1) is 5.41 Å². The Morgan fingerprint density at radius 2 is 2.29 bits per heavy atom. The summed E-state index contributed by atoms with van der Waals surface area (Å²) >= 11 is 6.05. The predicted octanol–water partition coefficient (Wildman–Crippen LogP) is 2.63. The number of hydrogen-bond acceptors (Lipinski definition) is 3. The van der Waals surface area contributed by atoms with Gasteiger partial charge in [0.25, 0.3) is 0 Å². The fourth-order valence-electron chi connectivity index (χ4n) is 1.65. The summed E-state index contributed by atoms with van der Waals surface area (Å²) in [6, 6.07) is 5.28. The summed E-state index contributed by atoms with van der Waals surface area (Å²) in [6.45, 7) is 0.411. The molecule has 0 heterocycles. The number of aliphatic carboxylic acids is 1. The molecule has 92 valence electrons. The maximum absolute atomic E-state index is 11.0. The molecule has 0 atom stereocenters. The Hall–Kier alpha value is -1.42. The zero-order valence-corrected chi connectivity index (χ0v) is 10.3. The average molecular weight is 256 g/mol. The standard InChI is InChI=1S/C12H14ClNO3/c1-17-8-2-3-10(9(13)6-8)14-7-12(4-5-12)11(15)16/h2-3,6,14H,4-5,7H2,1H3,(H,15,16). The fraction of sp³-hybridized carbons (Fsp3) is 0.417. The van der Waals surface area contributed by atoms with Gasteiger partial charge in [-0.1, -0.05) is 11.6 Å². The van der Waals surface area contributed by atoms with Crippen LogP contribution in [0.5, 0.6) is 5.75 Å². The van der Waals surface area contributed by atoms with Crippen LogP contribution < -0.4 is 10.1 Å². The van der Waals surface area contributed by atoms with E-state index in [2.05, 4.69) is 5.32 Å². The zero-order valence-electron chi connectivity index (χ0n) is 9.50. The molecule has 2 rings (SSSR count). The highest BCUT2D eigenvalue weighted by molar-refractivity contribution is 6.33. The summed E-state index contributed by atoms with van der Waals surface area (Å²) in [6.07, 6.45) is 1.45. The van der Waals surface area contributed by atoms with Crippen molar-refractivity contribution in [3.63, 3.8) is 0 Å². The monoisotopic (exact) mass is 255 g/mol. The van der Waals surface area contributed by atoms with E-state index in [4.69, 9.17) is 21.4 Å². The number of hydrogen-bond donors (Lipinski definition) is 2. The summed E-state index contributed by atoms with van der Waals surface area (Å²) in [4.78, 5) is 11.0. The van der Waals surface area contributed by atoms with Gasteiger partial charge < -0.3 is 15.2 Å². The number of rotatable bonds is 5. The zero-order chi connectivity index (χ0) is 12.5. The van der Waals surface area contributed by atoms with E-state index in [1.807, 2.05) is 0 Å². The molecule has 0 radical (unpaired) electrons. The summed E-state index contributed by atoms with van der Waals surface area (Å²) in [5.41, 5.74) is 0.142. The number of ether oxygens (including phenoxy) is 1. The largest absolute Gasteiger partial charge is 0.497 e. The lowest BCUT2D eigenvalue weighted by Gasteiger charge is -2.13. The summed E-state index contributed by atoms with van der Waals surface area (Å²) in [7, 11) is 1.57. The van der Waals surface area contributed by atoms with Crippen molar-refractivity contribution >= 4 is 23.3 Å². The summed E-state index contributed by atoms with van der Waals surface area (Å²) in [5, 5.41) is 12.7. The van der Waals surface area contributed by atoms with E-state index in [1.54, 1.807) is 25.3 Å². The molecule has 0 saturated heterocycles. The molecule has 5 heteroatoms. The molecule has 1 aliphatic rings. The molecule has 1 aromatic carbocycles. The second-order valence-corrected chi connectivity index (χ2v) is 4.69. The molecule has 0 spiro atoms. The Morgan fingerprint density at radius 1 is 1.59 bits per heavy atom. The normalized spacial score (nSPS) is 16.4. The first-order valence-corrected chi connectivity index (χ1v) is 5.76. The van der Waals surface area contributed by atoms with Crippen LogP contribution in [-0.4, -0.2) is 24.7 Å². The third-order valence-corrected chi connectivity index (χ3v) is 3.41. The van der Waals surface area contributed by atoms with E-state index < -0.39 is 11.4 Å². The summed E-state index contributed by atoms with van der Waals surface area (Å²) in [5.74, 6) is -0.0606. The lowest BCUT2D eigenvalue weighted by molar-refractivity contribution is -0.142. The number of nitrogens with one attached hydrogen (secondary N) is 1. The van der Waals surface area contributed by atoms with Crippen LogP contribution >= 0.6 is 11.6 Å². The molecule has 1 aliphatic carbocycles. The van der Waals surface area contributed by atoms with Crippen LogP contribution in [-0.2, 0) is 4.79 Å². The molecular formula is C12H14ClNO3. The van der Waals surface area contributed by atoms with Crippen molar-refractivity contribution in [3.8, 4) is 5.75 Å². The van der Waals surface area contributed by atoms with Crippen LogP contribution in [0.4, 0.5) is 5.69 Å². The van der Waals surface area contributed by atoms with Gasteiger partial charge in [0.1, 0.15) is 5.75 Å². The van der Waals surface area contributed by atoms with Gasteiger partial charge in [-0.15, -0.1) is 0 Å². The molecule has 4 nitrogen and oxygen atoms in total. The molecule has 0 amide bonds. The van der Waals surface area contributed by atoms with E-state index in [0.717, 1.165) is 18.5 Å². The Labute approximate surface area is 105 Å². The number of carboxylic acids is 1. The van der Waals surface area contributed by atoms with E-state index in [-0.39, 0.29) is 0 Å². The lowest BCUT2D eigenvalue weighted by Crippen LogP contribution is -2.24. The van der Waals surface area contributed by atoms with Gasteiger partial charge in [-0.2, -0.15) is 0 Å². The Bertz CT molecular complexity index is 443. The van der Waals surface area contributed by atoms with Gasteiger partial charge >= 0.3 is 5.97 Å². The van der Waals surface area contributed by atoms with Crippen molar-refractivity contribution in [2.24, 2.45) is 5.41 Å². The quantitative estimate of drug-likeness (QED) is 0.849. The second-order valence-electron chi connectivity index (χ2n) is 4.28. The van der Waals surface area contributed by atoms with Crippen molar-refractivity contribution in [2.45, 2.75) is 12.8 Å². The van der Waals surface area contributed by atoms with Crippen molar-refractivity contribution in [3.05, 3.63) is 23.2 Å². The van der Waals surface area contributed by atoms with E-state index in [0.29, 0.717) is 17.3 Å². The molecule has 0 aromatic heterocycles. The van der Waals surface area contributed by atoms with Gasteiger partial charge in [0.05, 0.1) is 23.2 Å². The van der Waals surface area contributed by atoms with Crippen LogP contribution in [0.1, 0.15) is 12.8 Å². The summed E-state index contributed by atoms with van der Waals surface area (Å²) < 4.78 is 5.04. The van der Waals surface area contributed by atoms with E-state index >= 15 is 0 Å². The highest BCUT2D eigenvalue weighted by Crippen LogP contribution is 2.46. The number of carbonyl (C=O) groups is 1. The number of anilines is 1. The van der Waals surface area contributed by atoms with E-state index in [1.165, 1.54) is 0 Å². The minimum atomic E-state index is -0.741. The highest BCUT2D eigenvalue weighted by atomic mass is 35.5. The Morgan fingerprint density at radius 3 is 2.76 bits per heavy atom. The molecule has 0 bridgehead atoms. The van der Waals surface area contributed by atoms with Crippen LogP contribution in [0.2, 0.25) is 5.02 Å². The third-order valence-electron chi connectivity index (χ3n) is 3.10. The van der Waals surface area contributed by atoms with Crippen molar-refractivity contribution in [1.82, 2.24) is 0 Å². The molecule has 0 aliphatic heterocycles. The van der Waals surface area contributed by atoms with Crippen molar-refractivity contribution < 1.29 is 14.6 Å². The van der Waals surface area contributed by atoms with Crippen LogP contribution in [0.3, 0.4) is 0 Å². The topological polar surface area (TPSA) is 58.6 Å². The first-order valence-electron chi connectivity index (χ1n) is 5.38. The maximum Gasteiger partial charge on any atom is 0.311 e. The first kappa shape index (κ1) is 12.0. The number of carboxylic acid groups (broad SMARTS) is 1. The molecule has 1 aromatic rings. The van der Waals surface area contributed by atoms with Gasteiger partial charge in [-0.25, -0.2) is 0 Å². The lowest BCUT2D eigenvalue weighted by atomic mass is 10.1. The molecule has 1 fully saturated rings. The van der Waals surface area contributed by atoms with Gasteiger partial charge in [0.15, 0.2) is 0 Å². The Kier molecular flexibility index (Phi) is 3.15. The number of benzene rings is 1. The van der Waals surface area contributed by atoms with Gasteiger partial charge in [0, 0.05) is 12.6 Å². The second kappa shape index (κ2) is 4.45. The molecule has 2 N–H and O–H groups in total. The van der Waals surface area contributed by atoms with Gasteiger partial charge in [-0.05, 0) is 25.0 Å². The van der Waals surface area contributed by atoms with Gasteiger partial charge in [-0.3, -0.25) is 4.79 Å². The molecular weight excluding hydrogens is 242 g/mol. The predicted molar refractivity (Wildman–Crippen MR) is 65.8 cm³/mol. The minimum Gasteiger partial charge on any atom is -0.497 e. The SMILES string of the molecule is COc1ccc(NCC2(C(=O)O)CC2)c(Cl)c1. The van der Waals surface area contributed by atoms with Gasteiger partial charge in [0.2, 0.25) is 0 Å². The van der Waals surface area contributed by atoms with E-state index in [9.17, 15) is 4.79 Å². The first-order chi connectivity index (χ1) is 8.07. The highest BCUT2D eigenvalue weighted by Gasteiger charge is 2.50. The average Bonchev–Trinajstić information content (AvgIpc) is 3.08.